The monoisotopic (exact) mass is 379 g/mol. The van der Waals surface area contributed by atoms with Gasteiger partial charge >= 0.3 is 0 Å². The molecule has 1 N–H and O–H groups in total. The van der Waals surface area contributed by atoms with Crippen molar-refractivity contribution < 1.29 is 9.59 Å². The van der Waals surface area contributed by atoms with Crippen molar-refractivity contribution in [2.45, 2.75) is 32.2 Å². The predicted molar refractivity (Wildman–Crippen MR) is 112 cm³/mol. The van der Waals surface area contributed by atoms with E-state index < -0.39 is 0 Å². The lowest BCUT2D eigenvalue weighted by molar-refractivity contribution is -0.117. The summed E-state index contributed by atoms with van der Waals surface area (Å²) in [6, 6.07) is 17.3. The first kappa shape index (κ1) is 20.1. The van der Waals surface area contributed by atoms with E-state index in [0.29, 0.717) is 24.3 Å². The van der Waals surface area contributed by atoms with Crippen molar-refractivity contribution in [2.75, 3.05) is 32.0 Å². The molecule has 5 heteroatoms. The van der Waals surface area contributed by atoms with Gasteiger partial charge in [0.25, 0.3) is 5.91 Å². The fourth-order valence-corrected chi connectivity index (χ4v) is 3.58. The molecule has 0 unspecified atom stereocenters. The van der Waals surface area contributed by atoms with Crippen molar-refractivity contribution in [1.29, 1.82) is 0 Å². The van der Waals surface area contributed by atoms with Crippen molar-refractivity contribution in [3.05, 3.63) is 65.7 Å². The molecule has 3 rings (SSSR count). The lowest BCUT2D eigenvalue weighted by atomic mass is 10.1. The van der Waals surface area contributed by atoms with Crippen LogP contribution in [0, 0.1) is 0 Å². The van der Waals surface area contributed by atoms with Crippen LogP contribution in [0.4, 0.5) is 5.69 Å². The number of amides is 2. The highest BCUT2D eigenvalue weighted by molar-refractivity contribution is 5.97. The number of carbonyl (C=O) groups excluding carboxylic acids is 2. The van der Waals surface area contributed by atoms with Crippen LogP contribution in [0.15, 0.2) is 54.6 Å². The second kappa shape index (κ2) is 10.0. The van der Waals surface area contributed by atoms with E-state index in [-0.39, 0.29) is 11.8 Å². The molecule has 1 aliphatic heterocycles. The molecule has 0 spiro atoms. The zero-order valence-electron chi connectivity index (χ0n) is 16.6. The third-order valence-corrected chi connectivity index (χ3v) is 5.00. The van der Waals surface area contributed by atoms with Crippen LogP contribution >= 0.6 is 0 Å². The Morgan fingerprint density at radius 1 is 0.964 bits per heavy atom. The molecule has 2 aromatic rings. The van der Waals surface area contributed by atoms with Crippen LogP contribution in [0.1, 0.15) is 41.6 Å². The Bertz CT molecular complexity index is 783. The molecule has 2 aromatic carbocycles. The minimum Gasteiger partial charge on any atom is -0.339 e. The summed E-state index contributed by atoms with van der Waals surface area (Å²) in [6.45, 7) is 2.64. The average Bonchev–Trinajstić information content (AvgIpc) is 2.97. The molecule has 1 saturated heterocycles. The Kier molecular flexibility index (Phi) is 7.20. The smallest absolute Gasteiger partial charge is 0.253 e. The van der Waals surface area contributed by atoms with Crippen molar-refractivity contribution in [3.63, 3.8) is 0 Å². The SMILES string of the molecule is CN(CC(=O)Nc1cccc(C(=O)N2CCCCCC2)c1)Cc1ccccc1. The van der Waals surface area contributed by atoms with Gasteiger partial charge in [-0.15, -0.1) is 0 Å². The molecular formula is C23H29N3O2. The summed E-state index contributed by atoms with van der Waals surface area (Å²) in [5, 5.41) is 2.92. The Morgan fingerprint density at radius 2 is 1.68 bits per heavy atom. The maximum absolute atomic E-state index is 12.8. The highest BCUT2D eigenvalue weighted by Gasteiger charge is 2.17. The zero-order valence-corrected chi connectivity index (χ0v) is 16.6. The molecule has 148 valence electrons. The van der Waals surface area contributed by atoms with Crippen LogP contribution in [0.2, 0.25) is 0 Å². The van der Waals surface area contributed by atoms with E-state index in [1.54, 1.807) is 6.07 Å². The van der Waals surface area contributed by atoms with Gasteiger partial charge in [0.2, 0.25) is 5.91 Å². The summed E-state index contributed by atoms with van der Waals surface area (Å²) in [5.41, 5.74) is 2.47. The van der Waals surface area contributed by atoms with Crippen LogP contribution in [0.5, 0.6) is 0 Å². The Labute approximate surface area is 167 Å². The van der Waals surface area contributed by atoms with E-state index in [4.69, 9.17) is 0 Å². The Morgan fingerprint density at radius 3 is 2.39 bits per heavy atom. The fraction of sp³-hybridized carbons (Fsp3) is 0.391. The number of benzene rings is 2. The molecular weight excluding hydrogens is 350 g/mol. The maximum Gasteiger partial charge on any atom is 0.253 e. The van der Waals surface area contributed by atoms with Crippen molar-refractivity contribution >= 4 is 17.5 Å². The largest absolute Gasteiger partial charge is 0.339 e. The first-order valence-electron chi connectivity index (χ1n) is 10.0. The van der Waals surface area contributed by atoms with Gasteiger partial charge in [0, 0.05) is 30.9 Å². The number of likely N-dealkylation sites (N-methyl/N-ethyl adjacent to an activating group) is 1. The quantitative estimate of drug-likeness (QED) is 0.831. The normalized spacial score (nSPS) is 14.6. The van der Waals surface area contributed by atoms with Crippen molar-refractivity contribution in [1.82, 2.24) is 9.80 Å². The highest BCUT2D eigenvalue weighted by Crippen LogP contribution is 2.16. The third kappa shape index (κ3) is 5.92. The van der Waals surface area contributed by atoms with E-state index in [2.05, 4.69) is 5.32 Å². The lowest BCUT2D eigenvalue weighted by Gasteiger charge is -2.21. The third-order valence-electron chi connectivity index (χ3n) is 5.00. The topological polar surface area (TPSA) is 52.7 Å². The molecule has 5 nitrogen and oxygen atoms in total. The number of anilines is 1. The standard InChI is InChI=1S/C23H29N3O2/c1-25(17-19-10-5-4-6-11-19)18-22(27)24-21-13-9-12-20(16-21)23(28)26-14-7-2-3-8-15-26/h4-6,9-13,16H,2-3,7-8,14-15,17-18H2,1H3,(H,24,27). The van der Waals surface area contributed by atoms with Crippen molar-refractivity contribution in [2.24, 2.45) is 0 Å². The van der Waals surface area contributed by atoms with Crippen LogP contribution < -0.4 is 5.32 Å². The molecule has 1 aliphatic rings. The molecule has 0 bridgehead atoms. The maximum atomic E-state index is 12.8. The van der Waals surface area contributed by atoms with E-state index >= 15 is 0 Å². The number of nitrogens with zero attached hydrogens (tertiary/aromatic N) is 2. The Hall–Kier alpha value is -2.66. The van der Waals surface area contributed by atoms with Gasteiger partial charge < -0.3 is 10.2 Å². The van der Waals surface area contributed by atoms with E-state index in [9.17, 15) is 9.59 Å². The van der Waals surface area contributed by atoms with Gasteiger partial charge in [-0.3, -0.25) is 14.5 Å². The van der Waals surface area contributed by atoms with Crippen LogP contribution in [-0.2, 0) is 11.3 Å². The average molecular weight is 380 g/mol. The molecule has 28 heavy (non-hydrogen) atoms. The first-order chi connectivity index (χ1) is 13.6. The fourth-order valence-electron chi connectivity index (χ4n) is 3.58. The number of carbonyl (C=O) groups is 2. The highest BCUT2D eigenvalue weighted by atomic mass is 16.2. The summed E-state index contributed by atoms with van der Waals surface area (Å²) < 4.78 is 0. The van der Waals surface area contributed by atoms with Crippen LogP contribution in [0.25, 0.3) is 0 Å². The van der Waals surface area contributed by atoms with Crippen LogP contribution in [-0.4, -0.2) is 48.3 Å². The van der Waals surface area contributed by atoms with Crippen LogP contribution in [0.3, 0.4) is 0 Å². The molecule has 0 atom stereocenters. The molecule has 1 fully saturated rings. The molecule has 0 saturated carbocycles. The van der Waals surface area contributed by atoms with Gasteiger partial charge in [0.05, 0.1) is 6.54 Å². The number of nitrogens with one attached hydrogen (secondary N) is 1. The van der Waals surface area contributed by atoms with Gasteiger partial charge in [0.1, 0.15) is 0 Å². The summed E-state index contributed by atoms with van der Waals surface area (Å²) in [6.07, 6.45) is 4.51. The second-order valence-electron chi connectivity index (χ2n) is 7.49. The summed E-state index contributed by atoms with van der Waals surface area (Å²) >= 11 is 0. The van der Waals surface area contributed by atoms with Gasteiger partial charge in [0.15, 0.2) is 0 Å². The zero-order chi connectivity index (χ0) is 19.8. The molecule has 0 aliphatic carbocycles. The predicted octanol–water partition coefficient (Wildman–Crippen LogP) is 3.77. The molecule has 1 heterocycles. The van der Waals surface area contributed by atoms with Crippen molar-refractivity contribution in [3.8, 4) is 0 Å². The minimum atomic E-state index is -0.0854. The number of hydrogen-bond donors (Lipinski definition) is 1. The lowest BCUT2D eigenvalue weighted by Crippen LogP contribution is -2.32. The Balaban J connectivity index is 1.56. The van der Waals surface area contributed by atoms with E-state index in [1.807, 2.05) is 65.4 Å². The first-order valence-corrected chi connectivity index (χ1v) is 10.0. The number of likely N-dealkylation sites (tertiary alicyclic amines) is 1. The van der Waals surface area contributed by atoms with Gasteiger partial charge in [-0.2, -0.15) is 0 Å². The number of hydrogen-bond acceptors (Lipinski definition) is 3. The summed E-state index contributed by atoms with van der Waals surface area (Å²) in [4.78, 5) is 29.1. The van der Waals surface area contributed by atoms with Gasteiger partial charge in [-0.25, -0.2) is 0 Å². The molecule has 0 radical (unpaired) electrons. The molecule has 0 aromatic heterocycles. The van der Waals surface area contributed by atoms with Gasteiger partial charge in [-0.1, -0.05) is 49.2 Å². The minimum absolute atomic E-state index is 0.0548. The number of rotatable bonds is 6. The molecule has 2 amide bonds. The van der Waals surface area contributed by atoms with Gasteiger partial charge in [-0.05, 0) is 43.7 Å². The summed E-state index contributed by atoms with van der Waals surface area (Å²) in [7, 11) is 1.92. The van der Waals surface area contributed by atoms with E-state index in [0.717, 1.165) is 25.9 Å². The van der Waals surface area contributed by atoms with E-state index in [1.165, 1.54) is 18.4 Å². The summed E-state index contributed by atoms with van der Waals surface area (Å²) in [5.74, 6) is -0.0306. The second-order valence-corrected chi connectivity index (χ2v) is 7.49.